The number of rotatable bonds is 2. The van der Waals surface area contributed by atoms with E-state index in [0.717, 1.165) is 74.9 Å². The topological polar surface area (TPSA) is 69.9 Å². The van der Waals surface area contributed by atoms with Gasteiger partial charge in [-0.15, -0.1) is 11.3 Å². The van der Waals surface area contributed by atoms with Gasteiger partial charge in [-0.25, -0.2) is 0 Å². The Bertz CT molecular complexity index is 977. The highest BCUT2D eigenvalue weighted by Gasteiger charge is 2.48. The third kappa shape index (κ3) is 3.19. The Balaban J connectivity index is 1.26. The van der Waals surface area contributed by atoms with Gasteiger partial charge in [0.1, 0.15) is 0 Å². The molecular weight excluding hydrogens is 396 g/mol. The van der Waals surface area contributed by atoms with Gasteiger partial charge in [-0.05, 0) is 44.7 Å². The molecule has 0 saturated carbocycles. The predicted octanol–water partition coefficient (Wildman–Crippen LogP) is 3.03. The van der Waals surface area contributed by atoms with Crippen LogP contribution in [0.2, 0.25) is 0 Å². The van der Waals surface area contributed by atoms with Crippen LogP contribution in [-0.4, -0.2) is 72.3 Å². The number of thiophene rings is 1. The Kier molecular flexibility index (Phi) is 4.98. The summed E-state index contributed by atoms with van der Waals surface area (Å²) in [6.07, 6.45) is 5.03. The van der Waals surface area contributed by atoms with Crippen LogP contribution in [0.1, 0.15) is 42.5 Å². The Morgan fingerprint density at radius 2 is 1.90 bits per heavy atom. The van der Waals surface area contributed by atoms with Gasteiger partial charge in [0.25, 0.3) is 5.91 Å². The fourth-order valence-corrected chi connectivity index (χ4v) is 6.69. The van der Waals surface area contributed by atoms with E-state index in [4.69, 9.17) is 5.73 Å². The molecule has 5 rings (SSSR count). The molecular formula is C23H30N4O2S. The Morgan fingerprint density at radius 1 is 1.13 bits per heavy atom. The van der Waals surface area contributed by atoms with E-state index in [1.165, 1.54) is 11.3 Å². The van der Waals surface area contributed by atoms with Crippen LogP contribution < -0.4 is 5.73 Å². The molecule has 0 radical (unpaired) electrons. The lowest BCUT2D eigenvalue weighted by atomic mass is 9.77. The van der Waals surface area contributed by atoms with Gasteiger partial charge in [0.2, 0.25) is 5.91 Å². The molecule has 1 unspecified atom stereocenters. The molecule has 7 heteroatoms. The van der Waals surface area contributed by atoms with E-state index in [0.29, 0.717) is 22.5 Å². The third-order valence-electron chi connectivity index (χ3n) is 7.44. The second kappa shape index (κ2) is 7.54. The van der Waals surface area contributed by atoms with Crippen LogP contribution in [0.15, 0.2) is 24.3 Å². The molecule has 1 atom stereocenters. The lowest BCUT2D eigenvalue weighted by Gasteiger charge is -2.45. The van der Waals surface area contributed by atoms with Crippen LogP contribution in [-0.2, 0) is 4.79 Å². The Labute approximate surface area is 181 Å². The molecule has 3 fully saturated rings. The van der Waals surface area contributed by atoms with Gasteiger partial charge in [-0.1, -0.05) is 18.2 Å². The SMILES string of the molecule is CN1CCC2(CCCN(C3CCN(C(=O)c4c(N)sc5ccccc45)CC3)C2)C1=O. The quantitative estimate of drug-likeness (QED) is 0.801. The van der Waals surface area contributed by atoms with Gasteiger partial charge in [0, 0.05) is 49.4 Å². The number of hydrogen-bond acceptors (Lipinski definition) is 5. The van der Waals surface area contributed by atoms with Crippen molar-refractivity contribution in [1.29, 1.82) is 0 Å². The Hall–Kier alpha value is -2.12. The van der Waals surface area contributed by atoms with Gasteiger partial charge in [-0.3, -0.25) is 14.5 Å². The van der Waals surface area contributed by atoms with Crippen molar-refractivity contribution in [2.75, 3.05) is 45.5 Å². The number of likely N-dealkylation sites (tertiary alicyclic amines) is 3. The van der Waals surface area contributed by atoms with Crippen molar-refractivity contribution in [3.8, 4) is 0 Å². The molecule has 2 N–H and O–H groups in total. The average Bonchev–Trinajstić information content (AvgIpc) is 3.24. The lowest BCUT2D eigenvalue weighted by molar-refractivity contribution is -0.138. The summed E-state index contributed by atoms with van der Waals surface area (Å²) in [7, 11) is 1.93. The standard InChI is InChI=1S/C23H30N4O2S/c1-25-14-10-23(22(25)29)9-4-11-27(15-23)16-7-12-26(13-8-16)21(28)19-17-5-2-3-6-18(17)30-20(19)24/h2-3,5-6,16H,4,7-15,24H2,1H3. The van der Waals surface area contributed by atoms with E-state index < -0.39 is 0 Å². The maximum Gasteiger partial charge on any atom is 0.257 e. The van der Waals surface area contributed by atoms with Gasteiger partial charge < -0.3 is 15.5 Å². The smallest absolute Gasteiger partial charge is 0.257 e. The molecule has 4 heterocycles. The summed E-state index contributed by atoms with van der Waals surface area (Å²) < 4.78 is 1.07. The molecule has 2 amide bonds. The number of piperidine rings is 2. The van der Waals surface area contributed by atoms with Crippen LogP contribution in [0, 0.1) is 5.41 Å². The zero-order valence-corrected chi connectivity index (χ0v) is 18.4. The number of carbonyl (C=O) groups is 2. The number of carbonyl (C=O) groups excluding carboxylic acids is 2. The highest BCUT2D eigenvalue weighted by Crippen LogP contribution is 2.41. The van der Waals surface area contributed by atoms with Crippen LogP contribution in [0.25, 0.3) is 10.1 Å². The molecule has 3 saturated heterocycles. The number of hydrogen-bond donors (Lipinski definition) is 1. The van der Waals surface area contributed by atoms with Crippen LogP contribution in [0.5, 0.6) is 0 Å². The summed E-state index contributed by atoms with van der Waals surface area (Å²) >= 11 is 1.49. The highest BCUT2D eigenvalue weighted by molar-refractivity contribution is 7.23. The molecule has 2 aromatic rings. The summed E-state index contributed by atoms with van der Waals surface area (Å²) in [5.41, 5.74) is 6.73. The third-order valence-corrected chi connectivity index (χ3v) is 8.44. The second-order valence-electron chi connectivity index (χ2n) is 9.19. The lowest BCUT2D eigenvalue weighted by Crippen LogP contribution is -2.54. The first-order chi connectivity index (χ1) is 14.5. The number of nitrogens with two attached hydrogens (primary N) is 1. The van der Waals surface area contributed by atoms with Gasteiger partial charge in [0.05, 0.1) is 16.0 Å². The first-order valence-electron chi connectivity index (χ1n) is 11.0. The minimum atomic E-state index is -0.163. The Morgan fingerprint density at radius 3 is 2.63 bits per heavy atom. The second-order valence-corrected chi connectivity index (χ2v) is 10.3. The van der Waals surface area contributed by atoms with Crippen molar-refractivity contribution in [1.82, 2.24) is 14.7 Å². The van der Waals surface area contributed by atoms with E-state index in [-0.39, 0.29) is 11.3 Å². The molecule has 30 heavy (non-hydrogen) atoms. The van der Waals surface area contributed by atoms with Gasteiger partial charge in [0.15, 0.2) is 0 Å². The molecule has 0 aliphatic carbocycles. The van der Waals surface area contributed by atoms with Gasteiger partial charge >= 0.3 is 0 Å². The summed E-state index contributed by atoms with van der Waals surface area (Å²) in [5, 5.41) is 1.58. The minimum Gasteiger partial charge on any atom is -0.390 e. The number of nitrogen functional groups attached to an aromatic ring is 1. The normalized spacial score (nSPS) is 26.2. The summed E-state index contributed by atoms with van der Waals surface area (Å²) in [6.45, 7) is 4.35. The maximum absolute atomic E-state index is 13.3. The first kappa shape index (κ1) is 19.8. The molecule has 0 bridgehead atoms. The zero-order chi connectivity index (χ0) is 20.9. The number of amides is 2. The van der Waals surface area contributed by atoms with Crippen molar-refractivity contribution in [2.24, 2.45) is 5.41 Å². The summed E-state index contributed by atoms with van der Waals surface area (Å²) in [6, 6.07) is 8.42. The zero-order valence-electron chi connectivity index (χ0n) is 17.6. The predicted molar refractivity (Wildman–Crippen MR) is 121 cm³/mol. The average molecular weight is 427 g/mol. The van der Waals surface area contributed by atoms with Crippen LogP contribution in [0.4, 0.5) is 5.00 Å². The first-order valence-corrected chi connectivity index (χ1v) is 11.9. The van der Waals surface area contributed by atoms with Crippen molar-refractivity contribution >= 4 is 38.2 Å². The number of anilines is 1. The number of fused-ring (bicyclic) bond motifs is 1. The largest absolute Gasteiger partial charge is 0.390 e. The fraction of sp³-hybridized carbons (Fsp3) is 0.565. The molecule has 1 aromatic heterocycles. The van der Waals surface area contributed by atoms with E-state index in [2.05, 4.69) is 4.90 Å². The maximum atomic E-state index is 13.3. The number of benzene rings is 1. The molecule has 160 valence electrons. The van der Waals surface area contributed by atoms with Crippen molar-refractivity contribution in [3.05, 3.63) is 29.8 Å². The minimum absolute atomic E-state index is 0.0612. The highest BCUT2D eigenvalue weighted by atomic mass is 32.1. The van der Waals surface area contributed by atoms with E-state index in [9.17, 15) is 9.59 Å². The van der Waals surface area contributed by atoms with Crippen molar-refractivity contribution < 1.29 is 9.59 Å². The summed E-state index contributed by atoms with van der Waals surface area (Å²) in [5.74, 6) is 0.394. The van der Waals surface area contributed by atoms with Crippen molar-refractivity contribution in [3.63, 3.8) is 0 Å². The van der Waals surface area contributed by atoms with Gasteiger partial charge in [-0.2, -0.15) is 0 Å². The molecule has 3 aliphatic heterocycles. The van der Waals surface area contributed by atoms with Crippen LogP contribution in [0.3, 0.4) is 0 Å². The van der Waals surface area contributed by atoms with E-state index in [1.807, 2.05) is 41.1 Å². The van der Waals surface area contributed by atoms with E-state index in [1.54, 1.807) is 0 Å². The monoisotopic (exact) mass is 426 g/mol. The fourth-order valence-electron chi connectivity index (χ4n) is 5.73. The van der Waals surface area contributed by atoms with E-state index >= 15 is 0 Å². The van der Waals surface area contributed by atoms with Crippen LogP contribution >= 0.6 is 11.3 Å². The molecule has 3 aliphatic rings. The van der Waals surface area contributed by atoms with Crippen molar-refractivity contribution in [2.45, 2.75) is 38.1 Å². The molecule has 1 aromatic carbocycles. The molecule has 1 spiro atoms. The molecule has 6 nitrogen and oxygen atoms in total. The number of nitrogens with zero attached hydrogens (tertiary/aromatic N) is 3. The summed E-state index contributed by atoms with van der Waals surface area (Å²) in [4.78, 5) is 32.4.